The highest BCUT2D eigenvalue weighted by Gasteiger charge is 2.72. The largest absolute Gasteiger partial charge is 0.129 e. The molecule has 3 aliphatic carbocycles. The zero-order valence-electron chi connectivity index (χ0n) is 14.6. The Morgan fingerprint density at radius 3 is 1.73 bits per heavy atom. The third-order valence-corrected chi connectivity index (χ3v) is 9.28. The van der Waals surface area contributed by atoms with Gasteiger partial charge in [-0.25, -0.2) is 0 Å². The molecule has 0 bridgehead atoms. The molecular weight excluding hydrogens is 311 g/mol. The van der Waals surface area contributed by atoms with Gasteiger partial charge in [0.2, 0.25) is 0 Å². The Labute approximate surface area is 147 Å². The quantitative estimate of drug-likeness (QED) is 0.462. The smallest absolute Gasteiger partial charge is 0.100 e. The van der Waals surface area contributed by atoms with E-state index in [1.165, 1.54) is 83.5 Å². The van der Waals surface area contributed by atoms with E-state index in [0.717, 1.165) is 11.8 Å². The van der Waals surface area contributed by atoms with Gasteiger partial charge in [-0.1, -0.05) is 39.5 Å². The molecule has 0 heterocycles. The van der Waals surface area contributed by atoms with Crippen LogP contribution in [0.2, 0.25) is 0 Å². The molecular formula is C20H34Cl2. The maximum Gasteiger partial charge on any atom is 0.129 e. The Morgan fingerprint density at radius 1 is 0.818 bits per heavy atom. The van der Waals surface area contributed by atoms with Crippen LogP contribution in [-0.4, -0.2) is 4.33 Å². The third kappa shape index (κ3) is 2.65. The van der Waals surface area contributed by atoms with Gasteiger partial charge in [0, 0.05) is 10.8 Å². The molecule has 0 aromatic rings. The molecule has 0 unspecified atom stereocenters. The molecule has 3 rings (SSSR count). The first-order chi connectivity index (χ1) is 10.5. The molecule has 0 aromatic heterocycles. The Kier molecular flexibility index (Phi) is 5.12. The molecule has 2 spiro atoms. The first kappa shape index (κ1) is 17.4. The fourth-order valence-electron chi connectivity index (χ4n) is 5.96. The lowest BCUT2D eigenvalue weighted by atomic mass is 9.43. The summed E-state index contributed by atoms with van der Waals surface area (Å²) < 4.78 is -0.436. The SMILES string of the molecule is CCCC[C@H]1CC[C@]2(CC1)C[C@@]1(CCC(CC)CC1)C2(Cl)Cl. The van der Waals surface area contributed by atoms with E-state index >= 15 is 0 Å². The van der Waals surface area contributed by atoms with Crippen LogP contribution in [0.15, 0.2) is 0 Å². The highest BCUT2D eigenvalue weighted by molar-refractivity contribution is 6.50. The van der Waals surface area contributed by atoms with Gasteiger partial charge in [-0.2, -0.15) is 0 Å². The van der Waals surface area contributed by atoms with Gasteiger partial charge in [-0.3, -0.25) is 0 Å². The number of rotatable bonds is 4. The van der Waals surface area contributed by atoms with E-state index in [1.54, 1.807) is 0 Å². The lowest BCUT2D eigenvalue weighted by Crippen LogP contribution is -2.66. The summed E-state index contributed by atoms with van der Waals surface area (Å²) in [6.07, 6.45) is 17.4. The Hall–Kier alpha value is 0.580. The molecule has 0 radical (unpaired) electrons. The zero-order valence-corrected chi connectivity index (χ0v) is 16.1. The van der Waals surface area contributed by atoms with Crippen molar-refractivity contribution in [3.05, 3.63) is 0 Å². The average Bonchev–Trinajstić information content (AvgIpc) is 2.55. The number of halogens is 2. The second-order valence-electron chi connectivity index (χ2n) is 8.75. The summed E-state index contributed by atoms with van der Waals surface area (Å²) in [7, 11) is 0. The van der Waals surface area contributed by atoms with E-state index in [-0.39, 0.29) is 10.8 Å². The minimum absolute atomic E-state index is 0.262. The van der Waals surface area contributed by atoms with Crippen molar-refractivity contribution in [3.8, 4) is 0 Å². The number of hydrogen-bond acceptors (Lipinski definition) is 0. The third-order valence-electron chi connectivity index (χ3n) is 7.68. The molecule has 128 valence electrons. The van der Waals surface area contributed by atoms with Crippen LogP contribution in [0, 0.1) is 22.7 Å². The highest BCUT2D eigenvalue weighted by Crippen LogP contribution is 2.76. The van der Waals surface area contributed by atoms with Crippen molar-refractivity contribution in [1.29, 1.82) is 0 Å². The zero-order chi connectivity index (χ0) is 15.8. The molecule has 0 aromatic carbocycles. The van der Waals surface area contributed by atoms with Crippen LogP contribution in [0.1, 0.15) is 97.3 Å². The van der Waals surface area contributed by atoms with Gasteiger partial charge in [0.05, 0.1) is 0 Å². The molecule has 0 amide bonds. The van der Waals surface area contributed by atoms with E-state index < -0.39 is 4.33 Å². The molecule has 3 aliphatic rings. The number of unbranched alkanes of at least 4 members (excludes halogenated alkanes) is 1. The lowest BCUT2D eigenvalue weighted by molar-refractivity contribution is -0.115. The van der Waals surface area contributed by atoms with Gasteiger partial charge in [0.1, 0.15) is 4.33 Å². The molecule has 0 aliphatic heterocycles. The van der Waals surface area contributed by atoms with Crippen LogP contribution < -0.4 is 0 Å². The molecule has 2 heteroatoms. The molecule has 0 N–H and O–H groups in total. The van der Waals surface area contributed by atoms with E-state index in [2.05, 4.69) is 13.8 Å². The highest BCUT2D eigenvalue weighted by atomic mass is 35.5. The van der Waals surface area contributed by atoms with Crippen LogP contribution in [0.4, 0.5) is 0 Å². The fraction of sp³-hybridized carbons (Fsp3) is 1.00. The van der Waals surface area contributed by atoms with Gasteiger partial charge >= 0.3 is 0 Å². The summed E-state index contributed by atoms with van der Waals surface area (Å²) >= 11 is 14.2. The average molecular weight is 345 g/mol. The minimum atomic E-state index is -0.436. The van der Waals surface area contributed by atoms with E-state index in [4.69, 9.17) is 23.2 Å². The van der Waals surface area contributed by atoms with Crippen LogP contribution in [0.3, 0.4) is 0 Å². The normalized spacial score (nSPS) is 44.2. The molecule has 0 nitrogen and oxygen atoms in total. The van der Waals surface area contributed by atoms with Crippen LogP contribution in [0.25, 0.3) is 0 Å². The molecule has 0 saturated heterocycles. The molecule has 0 atom stereocenters. The predicted molar refractivity (Wildman–Crippen MR) is 97.7 cm³/mol. The van der Waals surface area contributed by atoms with Crippen molar-refractivity contribution in [2.24, 2.45) is 22.7 Å². The van der Waals surface area contributed by atoms with Crippen molar-refractivity contribution < 1.29 is 0 Å². The van der Waals surface area contributed by atoms with Crippen molar-refractivity contribution in [2.45, 2.75) is 102 Å². The van der Waals surface area contributed by atoms with Gasteiger partial charge in [0.25, 0.3) is 0 Å². The predicted octanol–water partition coefficient (Wildman–Crippen LogP) is 7.52. The summed E-state index contributed by atoms with van der Waals surface area (Å²) in [5.74, 6) is 1.87. The Morgan fingerprint density at radius 2 is 1.32 bits per heavy atom. The van der Waals surface area contributed by atoms with Crippen LogP contribution in [-0.2, 0) is 0 Å². The van der Waals surface area contributed by atoms with Crippen molar-refractivity contribution in [1.82, 2.24) is 0 Å². The van der Waals surface area contributed by atoms with Crippen molar-refractivity contribution in [3.63, 3.8) is 0 Å². The van der Waals surface area contributed by atoms with Gasteiger partial charge in [-0.05, 0) is 69.6 Å². The fourth-order valence-corrected chi connectivity index (χ4v) is 6.98. The number of alkyl halides is 2. The summed E-state index contributed by atoms with van der Waals surface area (Å²) in [6.45, 7) is 4.63. The molecule has 3 saturated carbocycles. The van der Waals surface area contributed by atoms with Crippen molar-refractivity contribution >= 4 is 23.2 Å². The topological polar surface area (TPSA) is 0 Å². The first-order valence-corrected chi connectivity index (χ1v) is 10.6. The first-order valence-electron chi connectivity index (χ1n) is 9.86. The Balaban J connectivity index is 1.60. The molecule has 22 heavy (non-hydrogen) atoms. The van der Waals surface area contributed by atoms with Crippen molar-refractivity contribution in [2.75, 3.05) is 0 Å². The van der Waals surface area contributed by atoms with Gasteiger partial charge in [0.15, 0.2) is 0 Å². The van der Waals surface area contributed by atoms with Crippen LogP contribution >= 0.6 is 23.2 Å². The lowest BCUT2D eigenvalue weighted by Gasteiger charge is -2.69. The second kappa shape index (κ2) is 6.47. The van der Waals surface area contributed by atoms with E-state index in [9.17, 15) is 0 Å². The number of hydrogen-bond donors (Lipinski definition) is 0. The standard InChI is InChI=1S/C20H34Cl2/c1-3-5-6-17-9-13-19(14-10-17)15-18(20(19,21)22)11-7-16(4-2)8-12-18/h16-17H,3-15H2,1-2H3/t16?,17-,18-,19-. The Bertz CT molecular complexity index is 371. The minimum Gasteiger partial charge on any atom is -0.100 e. The monoisotopic (exact) mass is 344 g/mol. The van der Waals surface area contributed by atoms with Gasteiger partial charge in [-0.15, -0.1) is 23.2 Å². The van der Waals surface area contributed by atoms with Crippen LogP contribution in [0.5, 0.6) is 0 Å². The van der Waals surface area contributed by atoms with E-state index in [0.29, 0.717) is 0 Å². The second-order valence-corrected chi connectivity index (χ2v) is 10.1. The summed E-state index contributed by atoms with van der Waals surface area (Å²) in [5, 5.41) is 0. The van der Waals surface area contributed by atoms with Gasteiger partial charge < -0.3 is 0 Å². The maximum absolute atomic E-state index is 7.08. The summed E-state index contributed by atoms with van der Waals surface area (Å²) in [5.41, 5.74) is 0.524. The summed E-state index contributed by atoms with van der Waals surface area (Å²) in [4.78, 5) is 0. The maximum atomic E-state index is 7.08. The summed E-state index contributed by atoms with van der Waals surface area (Å²) in [6, 6.07) is 0. The van der Waals surface area contributed by atoms with E-state index in [1.807, 2.05) is 0 Å². The molecule has 3 fully saturated rings.